The zero-order chi connectivity index (χ0) is 13.0. The molecule has 0 unspecified atom stereocenters. The smallest absolute Gasteiger partial charge is 0.115 e. The standard InChI is InChI=1S/C13H12Br2N2S/c14-10-3-4-12(9(8-10)5-6-16)18-13-11(15)2-1-7-17-13/h1-4,7-8H,5-6,16H2. The lowest BCUT2D eigenvalue weighted by atomic mass is 10.1. The van der Waals surface area contributed by atoms with Crippen LogP contribution >= 0.6 is 43.6 Å². The number of nitrogens with two attached hydrogens (primary N) is 1. The van der Waals surface area contributed by atoms with Gasteiger partial charge in [0.15, 0.2) is 0 Å². The third kappa shape index (κ3) is 3.57. The molecular weight excluding hydrogens is 376 g/mol. The first kappa shape index (κ1) is 14.1. The molecule has 0 atom stereocenters. The van der Waals surface area contributed by atoms with Crippen molar-refractivity contribution in [3.63, 3.8) is 0 Å². The lowest BCUT2D eigenvalue weighted by molar-refractivity contribution is 0.942. The van der Waals surface area contributed by atoms with Gasteiger partial charge in [-0.2, -0.15) is 0 Å². The molecule has 0 amide bonds. The van der Waals surface area contributed by atoms with E-state index in [-0.39, 0.29) is 0 Å². The van der Waals surface area contributed by atoms with Gasteiger partial charge in [-0.05, 0) is 64.8 Å². The molecule has 0 fully saturated rings. The van der Waals surface area contributed by atoms with Crippen molar-refractivity contribution in [2.75, 3.05) is 6.54 Å². The second-order valence-electron chi connectivity index (χ2n) is 3.68. The van der Waals surface area contributed by atoms with Crippen LogP contribution in [0, 0.1) is 0 Å². The van der Waals surface area contributed by atoms with E-state index in [4.69, 9.17) is 5.73 Å². The van der Waals surface area contributed by atoms with Gasteiger partial charge in [0.05, 0.1) is 4.47 Å². The molecule has 18 heavy (non-hydrogen) atoms. The highest BCUT2D eigenvalue weighted by atomic mass is 79.9. The van der Waals surface area contributed by atoms with Crippen molar-refractivity contribution in [1.29, 1.82) is 0 Å². The Morgan fingerprint density at radius 2 is 2.06 bits per heavy atom. The van der Waals surface area contributed by atoms with E-state index in [0.717, 1.165) is 20.4 Å². The monoisotopic (exact) mass is 386 g/mol. The Kier molecular flexibility index (Phi) is 5.24. The molecule has 0 aliphatic rings. The summed E-state index contributed by atoms with van der Waals surface area (Å²) in [7, 11) is 0. The average Bonchev–Trinajstić information content (AvgIpc) is 2.35. The topological polar surface area (TPSA) is 38.9 Å². The van der Waals surface area contributed by atoms with Gasteiger partial charge in [-0.15, -0.1) is 0 Å². The number of rotatable bonds is 4. The largest absolute Gasteiger partial charge is 0.330 e. The number of hydrogen-bond acceptors (Lipinski definition) is 3. The lowest BCUT2D eigenvalue weighted by Gasteiger charge is -2.09. The maximum atomic E-state index is 5.65. The summed E-state index contributed by atoms with van der Waals surface area (Å²) in [6, 6.07) is 10.2. The zero-order valence-corrected chi connectivity index (χ0v) is 13.6. The molecule has 0 spiro atoms. The van der Waals surface area contributed by atoms with E-state index >= 15 is 0 Å². The Labute approximate surface area is 128 Å². The van der Waals surface area contributed by atoms with E-state index in [2.05, 4.69) is 49.0 Å². The molecule has 1 heterocycles. The van der Waals surface area contributed by atoms with E-state index in [1.807, 2.05) is 18.2 Å². The molecule has 0 saturated heterocycles. The van der Waals surface area contributed by atoms with E-state index in [9.17, 15) is 0 Å². The van der Waals surface area contributed by atoms with Gasteiger partial charge in [-0.1, -0.05) is 27.7 Å². The second-order valence-corrected chi connectivity index (χ2v) is 6.48. The molecule has 0 aliphatic heterocycles. The summed E-state index contributed by atoms with van der Waals surface area (Å²) >= 11 is 8.66. The minimum Gasteiger partial charge on any atom is -0.330 e. The van der Waals surface area contributed by atoms with Crippen molar-refractivity contribution in [2.24, 2.45) is 5.73 Å². The van der Waals surface area contributed by atoms with Crippen LogP contribution in [0.1, 0.15) is 5.56 Å². The van der Waals surface area contributed by atoms with Gasteiger partial charge in [0, 0.05) is 15.6 Å². The Morgan fingerprint density at radius 1 is 1.22 bits per heavy atom. The van der Waals surface area contributed by atoms with E-state index in [1.54, 1.807) is 18.0 Å². The summed E-state index contributed by atoms with van der Waals surface area (Å²) in [4.78, 5) is 5.57. The predicted octanol–water partition coefficient (Wildman–Crippen LogP) is 4.26. The normalized spacial score (nSPS) is 10.6. The van der Waals surface area contributed by atoms with Gasteiger partial charge in [-0.3, -0.25) is 0 Å². The summed E-state index contributed by atoms with van der Waals surface area (Å²) in [5, 5.41) is 0.970. The van der Waals surface area contributed by atoms with Crippen molar-refractivity contribution in [1.82, 2.24) is 4.98 Å². The van der Waals surface area contributed by atoms with Gasteiger partial charge in [0.2, 0.25) is 0 Å². The molecule has 0 radical (unpaired) electrons. The Morgan fingerprint density at radius 3 is 2.78 bits per heavy atom. The van der Waals surface area contributed by atoms with Crippen LogP contribution in [0.5, 0.6) is 0 Å². The van der Waals surface area contributed by atoms with Crippen molar-refractivity contribution in [3.05, 3.63) is 51.0 Å². The number of hydrogen-bond donors (Lipinski definition) is 1. The fourth-order valence-corrected chi connectivity index (χ4v) is 3.37. The number of benzene rings is 1. The van der Waals surface area contributed by atoms with Crippen LogP contribution < -0.4 is 5.73 Å². The molecule has 5 heteroatoms. The Bertz CT molecular complexity index is 546. The first-order valence-electron chi connectivity index (χ1n) is 5.47. The minimum atomic E-state index is 0.646. The molecular formula is C13H12Br2N2S. The molecule has 2 rings (SSSR count). The van der Waals surface area contributed by atoms with Crippen LogP contribution in [0.3, 0.4) is 0 Å². The van der Waals surface area contributed by atoms with Crippen LogP contribution in [0.25, 0.3) is 0 Å². The maximum Gasteiger partial charge on any atom is 0.115 e. The molecule has 2 nitrogen and oxygen atoms in total. The highest BCUT2D eigenvalue weighted by Crippen LogP contribution is 2.34. The fraction of sp³-hybridized carbons (Fsp3) is 0.154. The Balaban J connectivity index is 2.31. The van der Waals surface area contributed by atoms with Gasteiger partial charge < -0.3 is 5.73 Å². The fourth-order valence-electron chi connectivity index (χ4n) is 1.55. The number of nitrogens with zero attached hydrogens (tertiary/aromatic N) is 1. The summed E-state index contributed by atoms with van der Waals surface area (Å²) in [5.74, 6) is 0. The zero-order valence-electron chi connectivity index (χ0n) is 9.57. The van der Waals surface area contributed by atoms with E-state index < -0.39 is 0 Å². The molecule has 2 N–H and O–H groups in total. The highest BCUT2D eigenvalue weighted by molar-refractivity contribution is 9.10. The SMILES string of the molecule is NCCc1cc(Br)ccc1Sc1ncccc1Br. The van der Waals surface area contributed by atoms with E-state index in [0.29, 0.717) is 6.54 Å². The first-order chi connectivity index (χ1) is 8.70. The predicted molar refractivity (Wildman–Crippen MR) is 83.0 cm³/mol. The molecule has 0 bridgehead atoms. The first-order valence-corrected chi connectivity index (χ1v) is 7.88. The lowest BCUT2D eigenvalue weighted by Crippen LogP contribution is -2.03. The van der Waals surface area contributed by atoms with Crippen LogP contribution in [-0.2, 0) is 6.42 Å². The molecule has 1 aromatic carbocycles. The van der Waals surface area contributed by atoms with Gasteiger partial charge >= 0.3 is 0 Å². The summed E-state index contributed by atoms with van der Waals surface area (Å²) in [6.07, 6.45) is 2.67. The van der Waals surface area contributed by atoms with Gasteiger partial charge in [-0.25, -0.2) is 4.98 Å². The number of pyridine rings is 1. The van der Waals surface area contributed by atoms with Crippen molar-refractivity contribution in [3.8, 4) is 0 Å². The third-order valence-electron chi connectivity index (χ3n) is 2.37. The second kappa shape index (κ2) is 6.70. The van der Waals surface area contributed by atoms with Crippen molar-refractivity contribution >= 4 is 43.6 Å². The highest BCUT2D eigenvalue weighted by Gasteiger charge is 2.08. The quantitative estimate of drug-likeness (QED) is 0.851. The van der Waals surface area contributed by atoms with Crippen molar-refractivity contribution in [2.45, 2.75) is 16.3 Å². The third-order valence-corrected chi connectivity index (χ3v) is 4.90. The number of aromatic nitrogens is 1. The average molecular weight is 388 g/mol. The maximum absolute atomic E-state index is 5.65. The van der Waals surface area contributed by atoms with Crippen LogP contribution in [-0.4, -0.2) is 11.5 Å². The minimum absolute atomic E-state index is 0.646. The summed E-state index contributed by atoms with van der Waals surface area (Å²) in [6.45, 7) is 0.646. The van der Waals surface area contributed by atoms with Gasteiger partial charge in [0.25, 0.3) is 0 Å². The van der Waals surface area contributed by atoms with Crippen LogP contribution in [0.2, 0.25) is 0 Å². The molecule has 1 aromatic heterocycles. The van der Waals surface area contributed by atoms with Crippen molar-refractivity contribution < 1.29 is 0 Å². The molecule has 0 saturated carbocycles. The van der Waals surface area contributed by atoms with Crippen LogP contribution in [0.15, 0.2) is 55.4 Å². The molecule has 2 aromatic rings. The summed E-state index contributed by atoms with van der Waals surface area (Å²) in [5.41, 5.74) is 6.90. The molecule has 0 aliphatic carbocycles. The van der Waals surface area contributed by atoms with Crippen LogP contribution in [0.4, 0.5) is 0 Å². The van der Waals surface area contributed by atoms with E-state index in [1.165, 1.54) is 10.5 Å². The van der Waals surface area contributed by atoms with Gasteiger partial charge in [0.1, 0.15) is 5.03 Å². The molecule has 94 valence electrons. The number of halogens is 2. The summed E-state index contributed by atoms with van der Waals surface area (Å²) < 4.78 is 2.09. The Hall–Kier alpha value is -0.360.